The van der Waals surface area contributed by atoms with E-state index in [9.17, 15) is 4.79 Å². The van der Waals surface area contributed by atoms with Crippen LogP contribution in [0, 0.1) is 0 Å². The lowest BCUT2D eigenvalue weighted by Gasteiger charge is -2.15. The van der Waals surface area contributed by atoms with Crippen molar-refractivity contribution in [2.24, 2.45) is 10.7 Å². The summed E-state index contributed by atoms with van der Waals surface area (Å²) in [4.78, 5) is 16.7. The lowest BCUT2D eigenvalue weighted by molar-refractivity contribution is -0.114. The molecule has 0 atom stereocenters. The molecule has 1 amide bonds. The molecule has 0 spiro atoms. The number of amides is 1. The first-order valence-electron chi connectivity index (χ1n) is 6.39. The average molecular weight is 252 g/mol. The fourth-order valence-corrected chi connectivity index (χ4v) is 3.88. The molecule has 2 rings (SSSR count). The lowest BCUT2D eigenvalue weighted by Crippen LogP contribution is -2.17. The maximum absolute atomic E-state index is 11.3. The Kier molecular flexibility index (Phi) is 4.26. The van der Waals surface area contributed by atoms with Gasteiger partial charge in [0.25, 0.3) is 0 Å². The zero-order chi connectivity index (χ0) is 12.3. The fraction of sp³-hybridized carbons (Fsp3) is 0.692. The standard InChI is InChI=1S/C13H20N2OS/c1-9-12(11(8-15-9)13(14)16)17-10-6-4-2-3-5-7-10/h10H,2-8H2,1H3,(H2,14,16). The first-order valence-corrected chi connectivity index (χ1v) is 7.27. The molecule has 2 N–H and O–H groups in total. The van der Waals surface area contributed by atoms with Crippen LogP contribution >= 0.6 is 11.8 Å². The molecule has 17 heavy (non-hydrogen) atoms. The fourth-order valence-electron chi connectivity index (χ4n) is 2.43. The zero-order valence-electron chi connectivity index (χ0n) is 10.4. The number of carbonyl (C=O) groups excluding carboxylic acids is 1. The third kappa shape index (κ3) is 3.12. The van der Waals surface area contributed by atoms with E-state index in [4.69, 9.17) is 5.73 Å². The molecule has 1 aliphatic heterocycles. The smallest absolute Gasteiger partial charge is 0.247 e. The zero-order valence-corrected chi connectivity index (χ0v) is 11.2. The molecule has 0 aromatic heterocycles. The summed E-state index contributed by atoms with van der Waals surface area (Å²) in [6.07, 6.45) is 7.85. The summed E-state index contributed by atoms with van der Waals surface area (Å²) in [6, 6.07) is 0. The van der Waals surface area contributed by atoms with Crippen LogP contribution in [0.2, 0.25) is 0 Å². The number of allylic oxidation sites excluding steroid dienone is 1. The molecule has 0 aromatic carbocycles. The van der Waals surface area contributed by atoms with Gasteiger partial charge in [-0.1, -0.05) is 25.7 Å². The van der Waals surface area contributed by atoms with Gasteiger partial charge < -0.3 is 5.73 Å². The van der Waals surface area contributed by atoms with Crippen LogP contribution in [-0.4, -0.2) is 23.4 Å². The van der Waals surface area contributed by atoms with Crippen molar-refractivity contribution < 1.29 is 4.79 Å². The van der Waals surface area contributed by atoms with E-state index in [2.05, 4.69) is 4.99 Å². The number of rotatable bonds is 3. The highest BCUT2D eigenvalue weighted by molar-refractivity contribution is 8.04. The van der Waals surface area contributed by atoms with E-state index in [-0.39, 0.29) is 5.91 Å². The van der Waals surface area contributed by atoms with E-state index >= 15 is 0 Å². The Morgan fingerprint density at radius 2 is 1.94 bits per heavy atom. The second-order valence-electron chi connectivity index (χ2n) is 4.80. The predicted molar refractivity (Wildman–Crippen MR) is 73.3 cm³/mol. The largest absolute Gasteiger partial charge is 0.366 e. The maximum Gasteiger partial charge on any atom is 0.247 e. The molecule has 1 saturated carbocycles. The minimum Gasteiger partial charge on any atom is -0.366 e. The SMILES string of the molecule is CC1=NCC(C(N)=O)=C1SC1CCCCCC1. The van der Waals surface area contributed by atoms with Crippen molar-refractivity contribution in [2.75, 3.05) is 6.54 Å². The summed E-state index contributed by atoms with van der Waals surface area (Å²) in [5.41, 5.74) is 7.12. The van der Waals surface area contributed by atoms with Gasteiger partial charge in [0.15, 0.2) is 0 Å². The first kappa shape index (κ1) is 12.7. The summed E-state index contributed by atoms with van der Waals surface area (Å²) in [5.74, 6) is -0.304. The van der Waals surface area contributed by atoms with Crippen LogP contribution in [0.15, 0.2) is 15.5 Å². The van der Waals surface area contributed by atoms with E-state index in [1.54, 1.807) is 0 Å². The van der Waals surface area contributed by atoms with Crippen molar-refractivity contribution in [1.82, 2.24) is 0 Å². The van der Waals surface area contributed by atoms with Gasteiger partial charge in [-0.15, -0.1) is 11.8 Å². The Bertz CT molecular complexity index is 366. The van der Waals surface area contributed by atoms with Crippen LogP contribution in [0.25, 0.3) is 0 Å². The predicted octanol–water partition coefficient (Wildman–Crippen LogP) is 2.66. The normalized spacial score (nSPS) is 22.5. The molecule has 4 heteroatoms. The molecule has 0 aromatic rings. The van der Waals surface area contributed by atoms with Crippen LogP contribution in [0.3, 0.4) is 0 Å². The van der Waals surface area contributed by atoms with Crippen LogP contribution in [0.4, 0.5) is 0 Å². The Morgan fingerprint density at radius 1 is 1.29 bits per heavy atom. The van der Waals surface area contributed by atoms with E-state index in [0.29, 0.717) is 11.8 Å². The Labute approximate surface area is 107 Å². The molecule has 2 aliphatic rings. The number of primary amides is 1. The monoisotopic (exact) mass is 252 g/mol. The van der Waals surface area contributed by atoms with Crippen molar-refractivity contribution in [3.8, 4) is 0 Å². The molecule has 0 bridgehead atoms. The number of hydrogen-bond acceptors (Lipinski definition) is 3. The number of hydrogen-bond donors (Lipinski definition) is 1. The summed E-state index contributed by atoms with van der Waals surface area (Å²) in [6.45, 7) is 2.46. The highest BCUT2D eigenvalue weighted by atomic mass is 32.2. The molecule has 0 radical (unpaired) electrons. The molecule has 1 fully saturated rings. The van der Waals surface area contributed by atoms with Gasteiger partial charge >= 0.3 is 0 Å². The summed E-state index contributed by atoms with van der Waals surface area (Å²) < 4.78 is 0. The summed E-state index contributed by atoms with van der Waals surface area (Å²) in [5, 5.41) is 0.644. The number of aliphatic imine (C=N–C) groups is 1. The molecule has 0 saturated heterocycles. The minimum absolute atomic E-state index is 0.304. The highest BCUT2D eigenvalue weighted by Crippen LogP contribution is 2.36. The molecule has 1 heterocycles. The summed E-state index contributed by atoms with van der Waals surface area (Å²) in [7, 11) is 0. The van der Waals surface area contributed by atoms with E-state index in [1.807, 2.05) is 18.7 Å². The van der Waals surface area contributed by atoms with E-state index < -0.39 is 0 Å². The van der Waals surface area contributed by atoms with Gasteiger partial charge in [0, 0.05) is 15.9 Å². The van der Waals surface area contributed by atoms with Crippen LogP contribution in [0.5, 0.6) is 0 Å². The van der Waals surface area contributed by atoms with Gasteiger partial charge in [0.1, 0.15) is 0 Å². The van der Waals surface area contributed by atoms with Gasteiger partial charge in [-0.2, -0.15) is 0 Å². The second kappa shape index (κ2) is 5.71. The molecular weight excluding hydrogens is 232 g/mol. The number of nitrogens with two attached hydrogens (primary N) is 1. The number of carbonyl (C=O) groups is 1. The highest BCUT2D eigenvalue weighted by Gasteiger charge is 2.24. The van der Waals surface area contributed by atoms with Crippen LogP contribution in [-0.2, 0) is 4.79 Å². The van der Waals surface area contributed by atoms with Gasteiger partial charge in [-0.05, 0) is 19.8 Å². The number of nitrogens with zero attached hydrogens (tertiary/aromatic N) is 1. The van der Waals surface area contributed by atoms with Crippen molar-refractivity contribution in [2.45, 2.75) is 50.7 Å². The van der Waals surface area contributed by atoms with Gasteiger partial charge in [0.2, 0.25) is 5.91 Å². The maximum atomic E-state index is 11.3. The van der Waals surface area contributed by atoms with E-state index in [1.165, 1.54) is 38.5 Å². The molecule has 94 valence electrons. The average Bonchev–Trinajstić information content (AvgIpc) is 2.52. The molecule has 3 nitrogen and oxygen atoms in total. The van der Waals surface area contributed by atoms with Gasteiger partial charge in [-0.25, -0.2) is 0 Å². The molecule has 0 unspecified atom stereocenters. The van der Waals surface area contributed by atoms with Crippen molar-refractivity contribution >= 4 is 23.4 Å². The third-order valence-corrected chi connectivity index (χ3v) is 5.04. The lowest BCUT2D eigenvalue weighted by atomic mass is 10.2. The second-order valence-corrected chi connectivity index (χ2v) is 6.12. The summed E-state index contributed by atoms with van der Waals surface area (Å²) >= 11 is 1.83. The first-order chi connectivity index (χ1) is 8.18. The Hall–Kier alpha value is -0.770. The third-order valence-electron chi connectivity index (χ3n) is 3.46. The Morgan fingerprint density at radius 3 is 2.53 bits per heavy atom. The Balaban J connectivity index is 2.07. The van der Waals surface area contributed by atoms with Gasteiger partial charge in [0.05, 0.1) is 12.1 Å². The van der Waals surface area contributed by atoms with Crippen LogP contribution in [0.1, 0.15) is 45.4 Å². The van der Waals surface area contributed by atoms with Crippen LogP contribution < -0.4 is 5.73 Å². The minimum atomic E-state index is -0.304. The van der Waals surface area contributed by atoms with Crippen molar-refractivity contribution in [3.63, 3.8) is 0 Å². The van der Waals surface area contributed by atoms with Gasteiger partial charge in [-0.3, -0.25) is 9.79 Å². The number of thioether (sulfide) groups is 1. The molecular formula is C13H20N2OS. The van der Waals surface area contributed by atoms with Crippen molar-refractivity contribution in [3.05, 3.63) is 10.5 Å². The van der Waals surface area contributed by atoms with E-state index in [0.717, 1.165) is 16.2 Å². The molecule has 1 aliphatic carbocycles. The quantitative estimate of drug-likeness (QED) is 0.785. The topological polar surface area (TPSA) is 55.4 Å². The van der Waals surface area contributed by atoms with Crippen molar-refractivity contribution in [1.29, 1.82) is 0 Å².